The Morgan fingerprint density at radius 1 is 1.36 bits per heavy atom. The first kappa shape index (κ1) is 11.6. The standard InChI is InChI=1S/C14H24/c1-11-6-7-13(3)14(4,5)9-8-12(2)10-11/h10,13H,2,6-9H2,1,3-5H3/b11-10+. The molecule has 0 radical (unpaired) electrons. The van der Waals surface area contributed by atoms with Gasteiger partial charge in [-0.1, -0.05) is 44.6 Å². The molecule has 0 spiro atoms. The van der Waals surface area contributed by atoms with Crippen LogP contribution in [0.5, 0.6) is 0 Å². The molecule has 1 unspecified atom stereocenters. The lowest BCUT2D eigenvalue weighted by molar-refractivity contribution is 0.202. The Hall–Kier alpha value is -0.520. The average Bonchev–Trinajstić information content (AvgIpc) is 2.13. The van der Waals surface area contributed by atoms with Crippen LogP contribution in [0.2, 0.25) is 0 Å². The quantitative estimate of drug-likeness (QED) is 0.520. The molecule has 0 fully saturated rings. The summed E-state index contributed by atoms with van der Waals surface area (Å²) in [5.41, 5.74) is 3.28. The van der Waals surface area contributed by atoms with Crippen LogP contribution < -0.4 is 0 Å². The van der Waals surface area contributed by atoms with Gasteiger partial charge in [-0.15, -0.1) is 0 Å². The average molecular weight is 192 g/mol. The SMILES string of the molecule is C=C1/C=C(\C)CCC(C)C(C)(C)CC1. The molecule has 1 aliphatic rings. The van der Waals surface area contributed by atoms with Gasteiger partial charge in [-0.05, 0) is 43.9 Å². The van der Waals surface area contributed by atoms with Crippen molar-refractivity contribution in [2.24, 2.45) is 11.3 Å². The van der Waals surface area contributed by atoms with E-state index in [-0.39, 0.29) is 0 Å². The van der Waals surface area contributed by atoms with Crippen LogP contribution in [0.25, 0.3) is 0 Å². The molecule has 80 valence electrons. The third-order valence-corrected chi connectivity index (χ3v) is 3.85. The molecule has 0 heterocycles. The smallest absolute Gasteiger partial charge is 0.0280 e. The summed E-state index contributed by atoms with van der Waals surface area (Å²) in [6.45, 7) is 13.5. The van der Waals surface area contributed by atoms with Crippen molar-refractivity contribution in [2.75, 3.05) is 0 Å². The largest absolute Gasteiger partial charge is 0.0958 e. The first-order valence-electron chi connectivity index (χ1n) is 5.77. The van der Waals surface area contributed by atoms with Crippen molar-refractivity contribution in [2.45, 2.75) is 53.4 Å². The Morgan fingerprint density at radius 3 is 2.64 bits per heavy atom. The maximum absolute atomic E-state index is 4.12. The molecule has 1 atom stereocenters. The summed E-state index contributed by atoms with van der Waals surface area (Å²) in [6.07, 6.45) is 7.28. The van der Waals surface area contributed by atoms with Gasteiger partial charge in [0.2, 0.25) is 0 Å². The second kappa shape index (κ2) is 4.33. The molecule has 1 rings (SSSR count). The second-order valence-electron chi connectivity index (χ2n) is 5.58. The summed E-state index contributed by atoms with van der Waals surface area (Å²) in [5, 5.41) is 0. The van der Waals surface area contributed by atoms with Crippen molar-refractivity contribution >= 4 is 0 Å². The zero-order valence-electron chi connectivity index (χ0n) is 10.2. The van der Waals surface area contributed by atoms with Gasteiger partial charge in [-0.25, -0.2) is 0 Å². The van der Waals surface area contributed by atoms with E-state index in [1.807, 2.05) is 0 Å². The Morgan fingerprint density at radius 2 is 2.00 bits per heavy atom. The molecule has 0 aromatic carbocycles. The molecule has 0 N–H and O–H groups in total. The fraction of sp³-hybridized carbons (Fsp3) is 0.714. The van der Waals surface area contributed by atoms with Gasteiger partial charge in [0.15, 0.2) is 0 Å². The highest BCUT2D eigenvalue weighted by Crippen LogP contribution is 2.37. The van der Waals surface area contributed by atoms with Gasteiger partial charge < -0.3 is 0 Å². The predicted molar refractivity (Wildman–Crippen MR) is 64.3 cm³/mol. The summed E-state index contributed by atoms with van der Waals surface area (Å²) in [7, 11) is 0. The summed E-state index contributed by atoms with van der Waals surface area (Å²) in [5.74, 6) is 0.816. The van der Waals surface area contributed by atoms with Crippen LogP contribution in [0, 0.1) is 11.3 Å². The molecule has 0 saturated carbocycles. The molecular weight excluding hydrogens is 168 g/mol. The maximum Gasteiger partial charge on any atom is -0.0280 e. The summed E-state index contributed by atoms with van der Waals surface area (Å²) in [4.78, 5) is 0. The highest BCUT2D eigenvalue weighted by Gasteiger charge is 2.25. The molecule has 1 aliphatic carbocycles. The van der Waals surface area contributed by atoms with Crippen LogP contribution >= 0.6 is 0 Å². The van der Waals surface area contributed by atoms with Crippen molar-refractivity contribution in [3.8, 4) is 0 Å². The van der Waals surface area contributed by atoms with E-state index in [2.05, 4.69) is 40.3 Å². The van der Waals surface area contributed by atoms with Crippen LogP contribution in [0.4, 0.5) is 0 Å². The first-order valence-corrected chi connectivity index (χ1v) is 5.77. The minimum atomic E-state index is 0.474. The minimum Gasteiger partial charge on any atom is -0.0958 e. The van der Waals surface area contributed by atoms with Crippen LogP contribution in [0.3, 0.4) is 0 Å². The van der Waals surface area contributed by atoms with Crippen LogP contribution in [0.15, 0.2) is 23.8 Å². The van der Waals surface area contributed by atoms with Gasteiger partial charge in [0.05, 0.1) is 0 Å². The number of hydrogen-bond acceptors (Lipinski definition) is 0. The van der Waals surface area contributed by atoms with Crippen molar-refractivity contribution in [3.05, 3.63) is 23.8 Å². The van der Waals surface area contributed by atoms with E-state index in [4.69, 9.17) is 0 Å². The molecule has 0 nitrogen and oxygen atoms in total. The molecule has 14 heavy (non-hydrogen) atoms. The van der Waals surface area contributed by atoms with Gasteiger partial charge in [-0.3, -0.25) is 0 Å². The minimum absolute atomic E-state index is 0.474. The van der Waals surface area contributed by atoms with Crippen molar-refractivity contribution in [1.82, 2.24) is 0 Å². The van der Waals surface area contributed by atoms with Crippen molar-refractivity contribution in [1.29, 1.82) is 0 Å². The molecule has 0 aromatic heterocycles. The third kappa shape index (κ3) is 3.01. The number of allylic oxidation sites excluding steroid dienone is 3. The van der Waals surface area contributed by atoms with E-state index in [1.54, 1.807) is 0 Å². The van der Waals surface area contributed by atoms with E-state index >= 15 is 0 Å². The molecule has 0 bridgehead atoms. The molecular formula is C14H24. The molecule has 0 amide bonds. The normalized spacial score (nSPS) is 32.4. The lowest BCUT2D eigenvalue weighted by Gasteiger charge is -2.31. The summed E-state index contributed by atoms with van der Waals surface area (Å²) >= 11 is 0. The highest BCUT2D eigenvalue weighted by atomic mass is 14.3. The summed E-state index contributed by atoms with van der Waals surface area (Å²) in [6, 6.07) is 0. The van der Waals surface area contributed by atoms with E-state index in [0.29, 0.717) is 5.41 Å². The number of rotatable bonds is 0. The lowest BCUT2D eigenvalue weighted by Crippen LogP contribution is -2.21. The first-order chi connectivity index (χ1) is 6.42. The molecule has 0 heteroatoms. The zero-order chi connectivity index (χ0) is 10.8. The van der Waals surface area contributed by atoms with E-state index < -0.39 is 0 Å². The van der Waals surface area contributed by atoms with Crippen molar-refractivity contribution in [3.63, 3.8) is 0 Å². The Labute approximate surface area is 89.1 Å². The fourth-order valence-electron chi connectivity index (χ4n) is 2.06. The molecule has 0 saturated heterocycles. The molecule has 0 aliphatic heterocycles. The maximum atomic E-state index is 4.12. The van der Waals surface area contributed by atoms with Gasteiger partial charge in [0, 0.05) is 0 Å². The lowest BCUT2D eigenvalue weighted by atomic mass is 9.74. The second-order valence-corrected chi connectivity index (χ2v) is 5.58. The van der Waals surface area contributed by atoms with Crippen LogP contribution in [-0.2, 0) is 0 Å². The Balaban J connectivity index is 2.76. The van der Waals surface area contributed by atoms with E-state index in [9.17, 15) is 0 Å². The van der Waals surface area contributed by atoms with Gasteiger partial charge in [0.1, 0.15) is 0 Å². The van der Waals surface area contributed by atoms with E-state index in [1.165, 1.54) is 30.4 Å². The van der Waals surface area contributed by atoms with Crippen LogP contribution in [0.1, 0.15) is 53.4 Å². The van der Waals surface area contributed by atoms with Gasteiger partial charge >= 0.3 is 0 Å². The molecule has 0 aromatic rings. The summed E-state index contributed by atoms with van der Waals surface area (Å²) < 4.78 is 0. The topological polar surface area (TPSA) is 0 Å². The van der Waals surface area contributed by atoms with E-state index in [0.717, 1.165) is 12.3 Å². The Bertz CT molecular complexity index is 243. The highest BCUT2D eigenvalue weighted by molar-refractivity contribution is 5.20. The fourth-order valence-corrected chi connectivity index (χ4v) is 2.06. The Kier molecular flexibility index (Phi) is 3.58. The van der Waals surface area contributed by atoms with Gasteiger partial charge in [-0.2, -0.15) is 0 Å². The third-order valence-electron chi connectivity index (χ3n) is 3.85. The predicted octanol–water partition coefficient (Wildman–Crippen LogP) is 4.73. The van der Waals surface area contributed by atoms with Crippen molar-refractivity contribution < 1.29 is 0 Å². The van der Waals surface area contributed by atoms with Crippen LogP contribution in [-0.4, -0.2) is 0 Å². The number of hydrogen-bond donors (Lipinski definition) is 0. The zero-order valence-corrected chi connectivity index (χ0v) is 10.2. The monoisotopic (exact) mass is 192 g/mol. The van der Waals surface area contributed by atoms with Gasteiger partial charge in [0.25, 0.3) is 0 Å².